The molecule has 0 aliphatic rings. The molecule has 0 amide bonds. The Morgan fingerprint density at radius 2 is 1.70 bits per heavy atom. The lowest BCUT2D eigenvalue weighted by atomic mass is 9.88. The average Bonchev–Trinajstić information content (AvgIpc) is 2.31. The van der Waals surface area contributed by atoms with E-state index in [2.05, 4.69) is 39.1 Å². The average molecular weight is 279 g/mol. The van der Waals surface area contributed by atoms with Crippen LogP contribution in [0.1, 0.15) is 38.8 Å². The summed E-state index contributed by atoms with van der Waals surface area (Å²) < 4.78 is 5.66. The molecule has 0 fully saturated rings. The third kappa shape index (κ3) is 5.93. The summed E-state index contributed by atoms with van der Waals surface area (Å²) >= 11 is 0. The van der Waals surface area contributed by atoms with Crippen molar-refractivity contribution in [1.29, 1.82) is 0 Å². The Hall–Kier alpha value is -1.06. The first-order valence-electron chi connectivity index (χ1n) is 7.31. The lowest BCUT2D eigenvalue weighted by molar-refractivity contribution is 0.0985. The minimum absolute atomic E-state index is 0.189. The molecular weight excluding hydrogens is 250 g/mol. The van der Waals surface area contributed by atoms with Crippen molar-refractivity contribution in [3.63, 3.8) is 0 Å². The van der Waals surface area contributed by atoms with Gasteiger partial charge in [-0.25, -0.2) is 0 Å². The maximum Gasteiger partial charge on any atom is 0.119 e. The summed E-state index contributed by atoms with van der Waals surface area (Å²) in [5, 5.41) is 13.3. The van der Waals surface area contributed by atoms with Crippen LogP contribution in [-0.4, -0.2) is 30.4 Å². The van der Waals surface area contributed by atoms with Gasteiger partial charge in [-0.3, -0.25) is 0 Å². The molecule has 0 saturated carbocycles. The fourth-order valence-corrected chi connectivity index (χ4v) is 1.89. The van der Waals surface area contributed by atoms with Gasteiger partial charge in [0.05, 0.1) is 0 Å². The number of hydrogen-bond donors (Lipinski definition) is 2. The van der Waals surface area contributed by atoms with Gasteiger partial charge < -0.3 is 15.2 Å². The van der Waals surface area contributed by atoms with Gasteiger partial charge >= 0.3 is 0 Å². The molecule has 2 N–H and O–H groups in total. The van der Waals surface area contributed by atoms with E-state index in [1.165, 1.54) is 11.1 Å². The smallest absolute Gasteiger partial charge is 0.119 e. The van der Waals surface area contributed by atoms with E-state index in [0.717, 1.165) is 5.75 Å². The van der Waals surface area contributed by atoms with Crippen LogP contribution in [0.4, 0.5) is 0 Å². The molecule has 0 spiro atoms. The molecule has 1 rings (SSSR count). The first kappa shape index (κ1) is 17.0. The minimum atomic E-state index is -0.499. The number of ether oxygens (including phenoxy) is 1. The van der Waals surface area contributed by atoms with Crippen LogP contribution in [0.15, 0.2) is 18.2 Å². The zero-order valence-electron chi connectivity index (χ0n) is 13.7. The second-order valence-electron chi connectivity index (χ2n) is 6.78. The van der Waals surface area contributed by atoms with Crippen LogP contribution in [0.25, 0.3) is 0 Å². The molecule has 2 atom stereocenters. The molecular formula is C17H29NO2. The molecule has 20 heavy (non-hydrogen) atoms. The molecule has 3 nitrogen and oxygen atoms in total. The Balaban J connectivity index is 2.38. The van der Waals surface area contributed by atoms with Gasteiger partial charge in [-0.05, 0) is 49.4 Å². The number of hydrogen-bond acceptors (Lipinski definition) is 3. The molecule has 0 bridgehead atoms. The molecule has 0 aromatic heterocycles. The summed E-state index contributed by atoms with van der Waals surface area (Å²) in [6.07, 6.45) is -0.499. The predicted octanol–water partition coefficient (Wildman–Crippen LogP) is 3.07. The van der Waals surface area contributed by atoms with Crippen molar-refractivity contribution in [3.8, 4) is 5.75 Å². The largest absolute Gasteiger partial charge is 0.491 e. The number of nitrogens with one attached hydrogen (secondary N) is 1. The lowest BCUT2D eigenvalue weighted by Crippen LogP contribution is -2.42. The van der Waals surface area contributed by atoms with E-state index in [4.69, 9.17) is 4.74 Å². The quantitative estimate of drug-likeness (QED) is 0.841. The van der Waals surface area contributed by atoms with Crippen LogP contribution in [0, 0.1) is 19.3 Å². The zero-order chi connectivity index (χ0) is 15.3. The van der Waals surface area contributed by atoms with Gasteiger partial charge in [0, 0.05) is 12.6 Å². The molecule has 0 aliphatic carbocycles. The van der Waals surface area contributed by atoms with Crippen molar-refractivity contribution >= 4 is 0 Å². The van der Waals surface area contributed by atoms with Crippen LogP contribution < -0.4 is 10.1 Å². The Bertz CT molecular complexity index is 403. The topological polar surface area (TPSA) is 41.5 Å². The molecule has 0 heterocycles. The lowest BCUT2D eigenvalue weighted by Gasteiger charge is -2.29. The van der Waals surface area contributed by atoms with E-state index in [1.54, 1.807) is 0 Å². The highest BCUT2D eigenvalue weighted by Crippen LogP contribution is 2.18. The highest BCUT2D eigenvalue weighted by Gasteiger charge is 2.20. The molecule has 1 aromatic carbocycles. The summed E-state index contributed by atoms with van der Waals surface area (Å²) in [6, 6.07) is 6.43. The Morgan fingerprint density at radius 3 is 2.20 bits per heavy atom. The van der Waals surface area contributed by atoms with Crippen molar-refractivity contribution in [2.24, 2.45) is 5.41 Å². The summed E-state index contributed by atoms with van der Waals surface area (Å²) in [6.45, 7) is 13.6. The van der Waals surface area contributed by atoms with Gasteiger partial charge in [0.15, 0.2) is 0 Å². The predicted molar refractivity (Wildman–Crippen MR) is 84.3 cm³/mol. The molecule has 2 unspecified atom stereocenters. The van der Waals surface area contributed by atoms with E-state index in [9.17, 15) is 5.11 Å². The third-order valence-corrected chi connectivity index (χ3v) is 3.60. The standard InChI is InChI=1S/C17H29NO2/c1-12-7-13(2)9-16(8-12)20-11-15(19)10-18-14(3)17(4,5)6/h7-9,14-15,18-19H,10-11H2,1-6H3. The van der Waals surface area contributed by atoms with Crippen molar-refractivity contribution in [1.82, 2.24) is 5.32 Å². The van der Waals surface area contributed by atoms with Crippen molar-refractivity contribution in [3.05, 3.63) is 29.3 Å². The number of aliphatic hydroxyl groups excluding tert-OH is 1. The number of benzene rings is 1. The van der Waals surface area contributed by atoms with Crippen LogP contribution in [0.3, 0.4) is 0 Å². The van der Waals surface area contributed by atoms with Crippen molar-refractivity contribution in [2.45, 2.75) is 53.7 Å². The van der Waals surface area contributed by atoms with Gasteiger partial charge in [-0.15, -0.1) is 0 Å². The van der Waals surface area contributed by atoms with E-state index in [1.807, 2.05) is 26.0 Å². The van der Waals surface area contributed by atoms with Crippen molar-refractivity contribution in [2.75, 3.05) is 13.2 Å². The SMILES string of the molecule is Cc1cc(C)cc(OCC(O)CNC(C)C(C)(C)C)c1. The maximum atomic E-state index is 9.98. The van der Waals surface area contributed by atoms with E-state index in [0.29, 0.717) is 19.2 Å². The fraction of sp³-hybridized carbons (Fsp3) is 0.647. The summed E-state index contributed by atoms with van der Waals surface area (Å²) in [5.41, 5.74) is 2.54. The Labute approximate surface area is 123 Å². The number of aliphatic hydroxyl groups is 1. The van der Waals surface area contributed by atoms with Gasteiger partial charge in [0.25, 0.3) is 0 Å². The van der Waals surface area contributed by atoms with Gasteiger partial charge in [0.2, 0.25) is 0 Å². The molecule has 0 aliphatic heterocycles. The highest BCUT2D eigenvalue weighted by molar-refractivity contribution is 5.32. The second-order valence-corrected chi connectivity index (χ2v) is 6.78. The third-order valence-electron chi connectivity index (χ3n) is 3.60. The second kappa shape index (κ2) is 7.09. The first-order chi connectivity index (χ1) is 9.18. The molecule has 0 saturated heterocycles. The zero-order valence-corrected chi connectivity index (χ0v) is 13.7. The summed E-state index contributed by atoms with van der Waals surface area (Å²) in [7, 11) is 0. The monoisotopic (exact) mass is 279 g/mol. The summed E-state index contributed by atoms with van der Waals surface area (Å²) in [4.78, 5) is 0. The molecule has 3 heteroatoms. The van der Waals surface area contributed by atoms with Crippen LogP contribution >= 0.6 is 0 Å². The van der Waals surface area contributed by atoms with E-state index >= 15 is 0 Å². The number of rotatable bonds is 6. The Kier molecular flexibility index (Phi) is 6.03. The van der Waals surface area contributed by atoms with Gasteiger partial charge in [0.1, 0.15) is 18.5 Å². The van der Waals surface area contributed by atoms with E-state index < -0.39 is 6.10 Å². The van der Waals surface area contributed by atoms with Crippen LogP contribution in [-0.2, 0) is 0 Å². The Morgan fingerprint density at radius 1 is 1.15 bits per heavy atom. The first-order valence-corrected chi connectivity index (χ1v) is 7.31. The van der Waals surface area contributed by atoms with Gasteiger partial charge in [-0.1, -0.05) is 26.8 Å². The van der Waals surface area contributed by atoms with Crippen LogP contribution in [0.2, 0.25) is 0 Å². The summed E-state index contributed by atoms with van der Waals surface area (Å²) in [5.74, 6) is 0.824. The highest BCUT2D eigenvalue weighted by atomic mass is 16.5. The molecule has 114 valence electrons. The van der Waals surface area contributed by atoms with Gasteiger partial charge in [-0.2, -0.15) is 0 Å². The normalized spacial score (nSPS) is 14.9. The van der Waals surface area contributed by atoms with Crippen LogP contribution in [0.5, 0.6) is 5.75 Å². The maximum absolute atomic E-state index is 9.98. The minimum Gasteiger partial charge on any atom is -0.491 e. The fourth-order valence-electron chi connectivity index (χ4n) is 1.89. The van der Waals surface area contributed by atoms with E-state index in [-0.39, 0.29) is 5.41 Å². The van der Waals surface area contributed by atoms with Crippen molar-refractivity contribution < 1.29 is 9.84 Å². The number of aryl methyl sites for hydroxylation is 2. The molecule has 0 radical (unpaired) electrons. The molecule has 1 aromatic rings.